The van der Waals surface area contributed by atoms with Crippen molar-refractivity contribution in [2.75, 3.05) is 10.6 Å². The quantitative estimate of drug-likeness (QED) is 0.361. The minimum Gasteiger partial charge on any atom is -0.393 e. The number of benzene rings is 1. The number of nitrogens with two attached hydrogens (primary N) is 1. The van der Waals surface area contributed by atoms with Crippen LogP contribution in [0.1, 0.15) is 57.9 Å². The van der Waals surface area contributed by atoms with Gasteiger partial charge in [-0.2, -0.15) is 4.98 Å². The van der Waals surface area contributed by atoms with Crippen LogP contribution in [-0.4, -0.2) is 42.7 Å². The monoisotopic (exact) mass is 517 g/mol. The third kappa shape index (κ3) is 5.07. The summed E-state index contributed by atoms with van der Waals surface area (Å²) in [6.45, 7) is 2.02. The van der Waals surface area contributed by atoms with Crippen LogP contribution in [0.15, 0.2) is 18.3 Å². The van der Waals surface area contributed by atoms with Gasteiger partial charge in [-0.05, 0) is 63.0 Å². The summed E-state index contributed by atoms with van der Waals surface area (Å²) in [5.41, 5.74) is 5.66. The molecule has 0 aliphatic heterocycles. The van der Waals surface area contributed by atoms with Gasteiger partial charge in [0.15, 0.2) is 17.3 Å². The predicted octanol–water partition coefficient (Wildman–Crippen LogP) is 4.17. The molecule has 1 aromatic carbocycles. The van der Waals surface area contributed by atoms with Gasteiger partial charge in [0.05, 0.1) is 12.3 Å². The third-order valence-corrected chi connectivity index (χ3v) is 7.66. The molecule has 2 aliphatic rings. The Labute approximate surface area is 211 Å². The van der Waals surface area contributed by atoms with Crippen molar-refractivity contribution in [3.8, 4) is 0 Å². The number of primary amides is 1. The number of halogens is 3. The van der Waals surface area contributed by atoms with Gasteiger partial charge >= 0.3 is 0 Å². The number of rotatable bonds is 6. The Balaban J connectivity index is 1.51. The smallest absolute Gasteiger partial charge is 0.224 e. The lowest BCUT2D eigenvalue weighted by atomic mass is 9.85. The van der Waals surface area contributed by atoms with Crippen LogP contribution in [0.2, 0.25) is 0 Å². The number of aliphatic hydroxyl groups excluding tert-OH is 1. The first kappa shape index (κ1) is 25.2. The maximum atomic E-state index is 14.5. The van der Waals surface area contributed by atoms with Crippen LogP contribution in [0.4, 0.5) is 30.8 Å². The molecule has 0 saturated heterocycles. The second-order valence-corrected chi connectivity index (χ2v) is 10.2. The summed E-state index contributed by atoms with van der Waals surface area (Å²) >= 11 is 0. The molecule has 1 unspecified atom stereocenters. The maximum Gasteiger partial charge on any atom is 0.224 e. The summed E-state index contributed by atoms with van der Waals surface area (Å²) in [4.78, 5) is 25.2. The molecule has 0 radical (unpaired) electrons. The van der Waals surface area contributed by atoms with Gasteiger partial charge in [-0.25, -0.2) is 23.1 Å². The van der Waals surface area contributed by atoms with Crippen molar-refractivity contribution in [3.63, 3.8) is 0 Å². The Hall–Kier alpha value is -3.41. The fraction of sp³-hybridized carbons (Fsp3) is 0.520. The molecule has 2 aliphatic carbocycles. The van der Waals surface area contributed by atoms with Gasteiger partial charge in [-0.3, -0.25) is 9.36 Å². The Morgan fingerprint density at radius 1 is 1.08 bits per heavy atom. The molecular formula is C25H30F3N7O2. The van der Waals surface area contributed by atoms with Crippen molar-refractivity contribution in [3.05, 3.63) is 35.8 Å². The second kappa shape index (κ2) is 10.2. The average molecular weight is 518 g/mol. The number of nitrogens with one attached hydrogen (secondary N) is 2. The van der Waals surface area contributed by atoms with Gasteiger partial charge < -0.3 is 21.5 Å². The average Bonchev–Trinajstić information content (AvgIpc) is 3.23. The van der Waals surface area contributed by atoms with E-state index in [0.717, 1.165) is 25.0 Å². The van der Waals surface area contributed by atoms with Gasteiger partial charge in [0.1, 0.15) is 17.0 Å². The lowest BCUT2D eigenvalue weighted by molar-refractivity contribution is -0.122. The molecule has 2 fully saturated rings. The van der Waals surface area contributed by atoms with E-state index in [1.165, 1.54) is 6.20 Å². The zero-order valence-corrected chi connectivity index (χ0v) is 20.4. The van der Waals surface area contributed by atoms with E-state index >= 15 is 0 Å². The third-order valence-electron chi connectivity index (χ3n) is 7.66. The number of amides is 1. The van der Waals surface area contributed by atoms with E-state index in [0.29, 0.717) is 49.2 Å². The van der Waals surface area contributed by atoms with Gasteiger partial charge in [0.25, 0.3) is 0 Å². The van der Waals surface area contributed by atoms with E-state index in [1.807, 2.05) is 6.92 Å². The highest BCUT2D eigenvalue weighted by Gasteiger charge is 2.31. The first-order valence-corrected chi connectivity index (χ1v) is 12.6. The molecule has 12 heteroatoms. The van der Waals surface area contributed by atoms with E-state index in [2.05, 4.69) is 25.6 Å². The molecule has 2 heterocycles. The van der Waals surface area contributed by atoms with Crippen molar-refractivity contribution >= 4 is 34.7 Å². The highest BCUT2D eigenvalue weighted by Crippen LogP contribution is 2.38. The SMILES string of the molecule is C[C@@H]1CCC(Nc2ncc3nc(Nc4c(F)ccc(F)c4F)n([C@H]4CC[C@@H](C(N)=O)CC4)c3n2)C[C@H]1O. The Morgan fingerprint density at radius 2 is 1.81 bits per heavy atom. The molecule has 9 nitrogen and oxygen atoms in total. The number of carbonyl (C=O) groups is 1. The van der Waals surface area contributed by atoms with E-state index < -0.39 is 29.2 Å². The number of aromatic nitrogens is 4. The number of fused-ring (bicyclic) bond motifs is 1. The van der Waals surface area contributed by atoms with Crippen LogP contribution in [0, 0.1) is 29.3 Å². The molecule has 5 rings (SSSR count). The first-order valence-electron chi connectivity index (χ1n) is 12.6. The van der Waals surface area contributed by atoms with E-state index in [9.17, 15) is 23.1 Å². The predicted molar refractivity (Wildman–Crippen MR) is 132 cm³/mol. The van der Waals surface area contributed by atoms with Crippen LogP contribution in [0.3, 0.4) is 0 Å². The van der Waals surface area contributed by atoms with Crippen LogP contribution in [-0.2, 0) is 4.79 Å². The first-order chi connectivity index (χ1) is 17.7. The van der Waals surface area contributed by atoms with Gasteiger partial charge in [0.2, 0.25) is 17.8 Å². The molecule has 3 aromatic rings. The zero-order valence-electron chi connectivity index (χ0n) is 20.4. The Morgan fingerprint density at radius 3 is 2.51 bits per heavy atom. The topological polar surface area (TPSA) is 131 Å². The van der Waals surface area contributed by atoms with Crippen LogP contribution < -0.4 is 16.4 Å². The zero-order chi connectivity index (χ0) is 26.3. The minimum absolute atomic E-state index is 0.000826. The number of hydrogen-bond donors (Lipinski definition) is 4. The fourth-order valence-corrected chi connectivity index (χ4v) is 5.38. The van der Waals surface area contributed by atoms with E-state index in [4.69, 9.17) is 5.73 Å². The standard InChI is InChI=1S/C25H30F3N7O2/c1-12-2-5-14(10-19(12)36)31-24-30-11-18-23(34-24)35(15-6-3-13(4-7-15)22(29)37)25(32-18)33-21-17(27)9-8-16(26)20(21)28/h8-9,11-15,19,36H,2-7,10H2,1H3,(H2,29,37)(H,32,33)(H,30,31,34)/t12-,13-,14?,15+,19-/m1/s1. The summed E-state index contributed by atoms with van der Waals surface area (Å²) in [5, 5.41) is 16.2. The lowest BCUT2D eigenvalue weighted by Gasteiger charge is -2.31. The van der Waals surface area contributed by atoms with Crippen LogP contribution in [0.25, 0.3) is 11.2 Å². The lowest BCUT2D eigenvalue weighted by Crippen LogP contribution is -2.35. The summed E-state index contributed by atoms with van der Waals surface area (Å²) in [6.07, 6.45) is 5.66. The van der Waals surface area contributed by atoms with Crippen molar-refractivity contribution in [1.82, 2.24) is 19.5 Å². The number of hydrogen-bond acceptors (Lipinski definition) is 7. The molecule has 0 bridgehead atoms. The fourth-order valence-electron chi connectivity index (χ4n) is 5.38. The highest BCUT2D eigenvalue weighted by atomic mass is 19.2. The number of anilines is 3. The molecule has 3 atom stereocenters. The van der Waals surface area contributed by atoms with E-state index in [-0.39, 0.29) is 35.8 Å². The number of nitrogens with zero attached hydrogens (tertiary/aromatic N) is 4. The van der Waals surface area contributed by atoms with Crippen molar-refractivity contribution in [2.24, 2.45) is 17.6 Å². The minimum atomic E-state index is -1.35. The summed E-state index contributed by atoms with van der Waals surface area (Å²) in [6, 6.07) is 1.37. The second-order valence-electron chi connectivity index (χ2n) is 10.2. The van der Waals surface area contributed by atoms with Crippen LogP contribution in [0.5, 0.6) is 0 Å². The molecule has 2 saturated carbocycles. The Bertz CT molecular complexity index is 1310. The summed E-state index contributed by atoms with van der Waals surface area (Å²) in [7, 11) is 0. The number of aliphatic hydroxyl groups is 1. The molecular weight excluding hydrogens is 487 g/mol. The van der Waals surface area contributed by atoms with Gasteiger partial charge in [-0.1, -0.05) is 6.92 Å². The summed E-state index contributed by atoms with van der Waals surface area (Å²) in [5.74, 6) is -3.43. The molecule has 1 amide bonds. The van der Waals surface area contributed by atoms with Gasteiger partial charge in [-0.15, -0.1) is 0 Å². The van der Waals surface area contributed by atoms with Crippen LogP contribution >= 0.6 is 0 Å². The molecule has 37 heavy (non-hydrogen) atoms. The van der Waals surface area contributed by atoms with Crippen molar-refractivity contribution in [2.45, 2.75) is 70.1 Å². The van der Waals surface area contributed by atoms with Gasteiger partial charge in [0, 0.05) is 18.0 Å². The van der Waals surface area contributed by atoms with E-state index in [1.54, 1.807) is 4.57 Å². The largest absolute Gasteiger partial charge is 0.393 e. The molecule has 0 spiro atoms. The molecule has 2 aromatic heterocycles. The maximum absolute atomic E-state index is 14.5. The Kier molecular flexibility index (Phi) is 6.93. The summed E-state index contributed by atoms with van der Waals surface area (Å²) < 4.78 is 44.5. The number of imidazole rings is 1. The molecule has 5 N–H and O–H groups in total. The van der Waals surface area contributed by atoms with Crippen molar-refractivity contribution < 1.29 is 23.1 Å². The normalized spacial score (nSPS) is 26.2. The highest BCUT2D eigenvalue weighted by molar-refractivity contribution is 5.78. The number of carbonyl (C=O) groups excluding carboxylic acids is 1. The molecule has 198 valence electrons. The van der Waals surface area contributed by atoms with Crippen molar-refractivity contribution in [1.29, 1.82) is 0 Å².